The first kappa shape index (κ1) is 17.5. The highest BCUT2D eigenvalue weighted by Gasteiger charge is 2.30. The highest BCUT2D eigenvalue weighted by molar-refractivity contribution is 5.94. The van der Waals surface area contributed by atoms with Gasteiger partial charge in [-0.2, -0.15) is 15.5 Å². The molecule has 0 saturated heterocycles. The summed E-state index contributed by atoms with van der Waals surface area (Å²) in [6.45, 7) is 6.53. The highest BCUT2D eigenvalue weighted by atomic mass is 16.2. The maximum atomic E-state index is 12.7. The van der Waals surface area contributed by atoms with Crippen LogP contribution in [0.1, 0.15) is 42.1 Å². The Kier molecular flexibility index (Phi) is 5.23. The van der Waals surface area contributed by atoms with Crippen molar-refractivity contribution in [3.05, 3.63) is 59.7 Å². The lowest BCUT2D eigenvalue weighted by atomic mass is 10.1. The number of rotatable bonds is 6. The lowest BCUT2D eigenvalue weighted by Gasteiger charge is -2.22. The van der Waals surface area contributed by atoms with Crippen LogP contribution in [0.5, 0.6) is 0 Å². The highest BCUT2D eigenvalue weighted by Crippen LogP contribution is 2.28. The summed E-state index contributed by atoms with van der Waals surface area (Å²) in [5.41, 5.74) is 2.94. The van der Waals surface area contributed by atoms with E-state index >= 15 is 0 Å². The maximum Gasteiger partial charge on any atom is 0.269 e. The van der Waals surface area contributed by atoms with Gasteiger partial charge < -0.3 is 0 Å². The van der Waals surface area contributed by atoms with Crippen LogP contribution in [-0.4, -0.2) is 31.9 Å². The second kappa shape index (κ2) is 7.74. The van der Waals surface area contributed by atoms with E-state index < -0.39 is 0 Å². The number of nitrogens with zero attached hydrogens (tertiary/aromatic N) is 6. The van der Waals surface area contributed by atoms with Gasteiger partial charge in [-0.1, -0.05) is 12.6 Å². The van der Waals surface area contributed by atoms with E-state index in [9.17, 15) is 4.79 Å². The summed E-state index contributed by atoms with van der Waals surface area (Å²) in [7, 11) is 0. The average Bonchev–Trinajstić information content (AvgIpc) is 3.31. The Bertz CT molecular complexity index is 874. The molecule has 0 aromatic carbocycles. The molecule has 0 radical (unpaired) electrons. The van der Waals surface area contributed by atoms with E-state index in [0.29, 0.717) is 36.9 Å². The largest absolute Gasteiger partial charge is 0.271 e. The fraction of sp³-hybridized carbons (Fsp3) is 0.316. The van der Waals surface area contributed by atoms with Crippen molar-refractivity contribution in [2.75, 3.05) is 0 Å². The zero-order valence-corrected chi connectivity index (χ0v) is 14.7. The Hall–Kier alpha value is -3.27. The van der Waals surface area contributed by atoms with Crippen LogP contribution in [0, 0.1) is 18.3 Å². The number of hydrogen-bond donors (Lipinski definition) is 0. The number of aromatic nitrogens is 3. The van der Waals surface area contributed by atoms with Gasteiger partial charge in [0.15, 0.2) is 0 Å². The molecule has 0 spiro atoms. The van der Waals surface area contributed by atoms with Gasteiger partial charge in [0.25, 0.3) is 5.91 Å². The molecule has 3 heterocycles. The molecule has 0 saturated carbocycles. The lowest BCUT2D eigenvalue weighted by molar-refractivity contribution is -0.129. The third kappa shape index (κ3) is 3.86. The van der Waals surface area contributed by atoms with Gasteiger partial charge in [-0.15, -0.1) is 0 Å². The van der Waals surface area contributed by atoms with E-state index in [1.165, 1.54) is 11.2 Å². The van der Waals surface area contributed by atoms with Gasteiger partial charge >= 0.3 is 0 Å². The van der Waals surface area contributed by atoms with E-state index in [4.69, 9.17) is 5.26 Å². The minimum atomic E-state index is -0.177. The van der Waals surface area contributed by atoms with Crippen LogP contribution < -0.4 is 0 Å². The Morgan fingerprint density at radius 3 is 2.96 bits per heavy atom. The third-order valence-corrected chi connectivity index (χ3v) is 4.24. The molecular formula is C19H20N6O. The smallest absolute Gasteiger partial charge is 0.269 e. The molecule has 26 heavy (non-hydrogen) atoms. The van der Waals surface area contributed by atoms with Gasteiger partial charge in [-0.25, -0.2) is 5.01 Å². The minimum absolute atomic E-state index is 0.177. The Labute approximate surface area is 152 Å². The van der Waals surface area contributed by atoms with E-state index in [0.717, 1.165) is 11.3 Å². The third-order valence-electron chi connectivity index (χ3n) is 4.24. The van der Waals surface area contributed by atoms with Gasteiger partial charge in [0.1, 0.15) is 12.1 Å². The summed E-state index contributed by atoms with van der Waals surface area (Å²) in [4.78, 5) is 17.1. The second-order valence-corrected chi connectivity index (χ2v) is 6.27. The predicted octanol–water partition coefficient (Wildman–Crippen LogP) is 2.75. The topological polar surface area (TPSA) is 87.2 Å². The minimum Gasteiger partial charge on any atom is -0.271 e. The molecule has 1 amide bonds. The molecule has 1 atom stereocenters. The van der Waals surface area contributed by atoms with Gasteiger partial charge in [-0.05, 0) is 31.4 Å². The molecule has 7 heteroatoms. The van der Waals surface area contributed by atoms with E-state index in [1.54, 1.807) is 23.3 Å². The summed E-state index contributed by atoms with van der Waals surface area (Å²) >= 11 is 0. The quantitative estimate of drug-likeness (QED) is 0.751. The molecule has 0 fully saturated rings. The first-order valence-corrected chi connectivity index (χ1v) is 8.47. The molecule has 7 nitrogen and oxygen atoms in total. The number of pyridine rings is 1. The van der Waals surface area contributed by atoms with Crippen LogP contribution in [0.15, 0.2) is 48.0 Å². The molecule has 1 aliphatic heterocycles. The number of hydrazone groups is 1. The van der Waals surface area contributed by atoms with Crippen molar-refractivity contribution in [1.82, 2.24) is 19.8 Å². The van der Waals surface area contributed by atoms with Crippen LogP contribution in [0.2, 0.25) is 0 Å². The zero-order chi connectivity index (χ0) is 18.5. The molecule has 2 aromatic rings. The molecule has 2 aromatic heterocycles. The van der Waals surface area contributed by atoms with Crippen LogP contribution in [0.25, 0.3) is 0 Å². The molecule has 0 aliphatic carbocycles. The fourth-order valence-corrected chi connectivity index (χ4v) is 2.80. The maximum absolute atomic E-state index is 12.7. The summed E-state index contributed by atoms with van der Waals surface area (Å²) in [6.07, 6.45) is 8.66. The molecule has 3 rings (SSSR count). The van der Waals surface area contributed by atoms with Crippen LogP contribution in [0.4, 0.5) is 0 Å². The molecule has 0 bridgehead atoms. The molecule has 1 aliphatic rings. The number of nitriles is 1. The molecule has 0 N–H and O–H groups in total. The van der Waals surface area contributed by atoms with Gasteiger partial charge in [0.05, 0.1) is 17.5 Å². The van der Waals surface area contributed by atoms with Crippen LogP contribution in [0.3, 0.4) is 0 Å². The van der Waals surface area contributed by atoms with E-state index in [1.807, 2.05) is 25.1 Å². The Morgan fingerprint density at radius 1 is 1.42 bits per heavy atom. The summed E-state index contributed by atoms with van der Waals surface area (Å²) in [5.74, 6) is -0.177. The Morgan fingerprint density at radius 2 is 2.27 bits per heavy atom. The Balaban J connectivity index is 1.56. The lowest BCUT2D eigenvalue weighted by Crippen LogP contribution is -2.28. The van der Waals surface area contributed by atoms with Crippen molar-refractivity contribution in [1.29, 1.82) is 5.26 Å². The number of carbonyl (C=O) groups excluding carboxylic acids is 1. The summed E-state index contributed by atoms with van der Waals surface area (Å²) < 4.78 is 1.70. The summed E-state index contributed by atoms with van der Waals surface area (Å²) in [5, 5.41) is 18.6. The van der Waals surface area contributed by atoms with E-state index in [2.05, 4.69) is 21.8 Å². The van der Waals surface area contributed by atoms with Crippen molar-refractivity contribution in [2.45, 2.75) is 38.8 Å². The van der Waals surface area contributed by atoms with Crippen molar-refractivity contribution >= 4 is 12.1 Å². The molecule has 132 valence electrons. The number of amides is 1. The normalized spacial score (nSPS) is 15.8. The van der Waals surface area contributed by atoms with Gasteiger partial charge in [0, 0.05) is 37.1 Å². The number of carbonyl (C=O) groups is 1. The van der Waals surface area contributed by atoms with Gasteiger partial charge in [-0.3, -0.25) is 14.5 Å². The van der Waals surface area contributed by atoms with Crippen molar-refractivity contribution in [2.24, 2.45) is 5.10 Å². The second-order valence-electron chi connectivity index (χ2n) is 6.27. The van der Waals surface area contributed by atoms with E-state index in [-0.39, 0.29) is 11.9 Å². The first-order valence-electron chi connectivity index (χ1n) is 8.47. The standard InChI is InChI=1S/C19H20N6O/c1-14-5-6-17(21-11-14)18-7-8-22-25(18)19(26)15(2)4-3-9-24-13-16(10-20)12-23-24/h5-6,8,11-13,18H,2-4,7,9H2,1H3. The van der Waals surface area contributed by atoms with Crippen LogP contribution in [-0.2, 0) is 11.3 Å². The fourth-order valence-electron chi connectivity index (χ4n) is 2.80. The van der Waals surface area contributed by atoms with Crippen molar-refractivity contribution < 1.29 is 4.79 Å². The molecule has 1 unspecified atom stereocenters. The van der Waals surface area contributed by atoms with Crippen molar-refractivity contribution in [3.8, 4) is 6.07 Å². The monoisotopic (exact) mass is 348 g/mol. The zero-order valence-electron chi connectivity index (χ0n) is 14.7. The van der Waals surface area contributed by atoms with Crippen molar-refractivity contribution in [3.63, 3.8) is 0 Å². The first-order chi connectivity index (χ1) is 12.6. The summed E-state index contributed by atoms with van der Waals surface area (Å²) in [6, 6.07) is 5.78. The predicted molar refractivity (Wildman–Crippen MR) is 97.0 cm³/mol. The van der Waals surface area contributed by atoms with Crippen LogP contribution >= 0.6 is 0 Å². The SMILES string of the molecule is C=C(CCCn1cc(C#N)cn1)C(=O)N1N=CCC1c1ccc(C)cn1. The molecular weight excluding hydrogens is 328 g/mol. The average molecular weight is 348 g/mol. The number of hydrogen-bond acceptors (Lipinski definition) is 5. The van der Waals surface area contributed by atoms with Gasteiger partial charge in [0.2, 0.25) is 0 Å². The number of aryl methyl sites for hydroxylation is 2.